The first kappa shape index (κ1) is 31.4. The van der Waals surface area contributed by atoms with Gasteiger partial charge in [0, 0.05) is 5.75 Å². The number of aryl methyl sites for hydroxylation is 1. The lowest BCUT2D eigenvalue weighted by Crippen LogP contribution is -2.15. The van der Waals surface area contributed by atoms with E-state index in [2.05, 4.69) is 36.4 Å². The molecule has 2 aromatic rings. The summed E-state index contributed by atoms with van der Waals surface area (Å²) in [7, 11) is 0. The van der Waals surface area contributed by atoms with E-state index in [4.69, 9.17) is 5.11 Å². The van der Waals surface area contributed by atoms with Crippen LogP contribution in [0.3, 0.4) is 0 Å². The third-order valence-electron chi connectivity index (χ3n) is 6.39. The highest BCUT2D eigenvalue weighted by Crippen LogP contribution is 2.29. The molecule has 0 amide bonds. The number of benzene rings is 2. The van der Waals surface area contributed by atoms with Crippen LogP contribution in [-0.4, -0.2) is 38.3 Å². The summed E-state index contributed by atoms with van der Waals surface area (Å²) >= 11 is 1.35. The zero-order chi connectivity index (χ0) is 27.4. The molecule has 0 bridgehead atoms. The molecule has 0 fully saturated rings. The minimum absolute atomic E-state index is 0.000416. The summed E-state index contributed by atoms with van der Waals surface area (Å²) in [5.41, 5.74) is 2.05. The molecule has 0 unspecified atom stereocenters. The number of carbonyl (C=O) groups is 2. The maximum Gasteiger partial charge on any atom is 0.335 e. The van der Waals surface area contributed by atoms with Crippen LogP contribution < -0.4 is 0 Å². The van der Waals surface area contributed by atoms with Gasteiger partial charge < -0.3 is 15.3 Å². The lowest BCUT2D eigenvalue weighted by atomic mass is 10.0. The molecule has 206 valence electrons. The summed E-state index contributed by atoms with van der Waals surface area (Å²) in [5.74, 6) is -1.58. The molecule has 3 N–H and O–H groups in total. The van der Waals surface area contributed by atoms with Crippen LogP contribution in [0.5, 0.6) is 0 Å². The third kappa shape index (κ3) is 13.6. The van der Waals surface area contributed by atoms with Gasteiger partial charge in [0.15, 0.2) is 0 Å². The Morgan fingerprint density at radius 1 is 0.816 bits per heavy atom. The summed E-state index contributed by atoms with van der Waals surface area (Å²) in [6, 6.07) is 16.9. The van der Waals surface area contributed by atoms with Crippen LogP contribution in [0.2, 0.25) is 0 Å². The molecule has 2 rings (SSSR count). The van der Waals surface area contributed by atoms with Crippen LogP contribution in [0, 0.1) is 0 Å². The van der Waals surface area contributed by atoms with Gasteiger partial charge in [0.2, 0.25) is 0 Å². The number of hydrogen-bond acceptors (Lipinski definition) is 4. The SMILES string of the molecule is O=C(O)CCS[C@H](/C=C/C=C\CCCCCCCCCCc1ccccc1)[C@@H](O)c1cccc(C(=O)O)c1. The van der Waals surface area contributed by atoms with Crippen molar-refractivity contribution in [3.05, 3.63) is 95.6 Å². The van der Waals surface area contributed by atoms with Crippen LogP contribution in [0.15, 0.2) is 78.9 Å². The minimum atomic E-state index is -1.05. The van der Waals surface area contributed by atoms with Crippen molar-refractivity contribution in [2.45, 2.75) is 82.0 Å². The van der Waals surface area contributed by atoms with Gasteiger partial charge in [0.05, 0.1) is 23.3 Å². The summed E-state index contributed by atoms with van der Waals surface area (Å²) in [6.07, 6.45) is 19.2. The quantitative estimate of drug-likeness (QED) is 0.117. The van der Waals surface area contributed by atoms with Crippen molar-refractivity contribution in [2.75, 3.05) is 5.75 Å². The van der Waals surface area contributed by atoms with E-state index >= 15 is 0 Å². The molecule has 0 aliphatic carbocycles. The molecule has 2 atom stereocenters. The number of thioether (sulfide) groups is 1. The number of allylic oxidation sites excluding steroid dienone is 3. The molecule has 6 heteroatoms. The molecule has 38 heavy (non-hydrogen) atoms. The van der Waals surface area contributed by atoms with E-state index in [1.54, 1.807) is 12.1 Å². The van der Waals surface area contributed by atoms with Gasteiger partial charge >= 0.3 is 11.9 Å². The first-order valence-electron chi connectivity index (χ1n) is 13.7. The van der Waals surface area contributed by atoms with Crippen molar-refractivity contribution in [3.8, 4) is 0 Å². The molecule has 0 aromatic heterocycles. The monoisotopic (exact) mass is 538 g/mol. The molecular weight excluding hydrogens is 496 g/mol. The predicted octanol–water partition coefficient (Wildman–Crippen LogP) is 7.86. The van der Waals surface area contributed by atoms with Gasteiger partial charge in [-0.2, -0.15) is 11.8 Å². The largest absolute Gasteiger partial charge is 0.481 e. The normalized spacial score (nSPS) is 13.2. The molecular formula is C32H42O5S. The van der Waals surface area contributed by atoms with Gasteiger partial charge in [-0.25, -0.2) is 4.79 Å². The standard InChI is InChI=1S/C32H42O5S/c33-30(34)23-24-38-29(31(35)27-20-16-21-28(25-27)32(36)37)22-15-10-8-6-4-2-1-3-5-7-9-12-17-26-18-13-11-14-19-26/h8,10-11,13-16,18-22,25,29,31,35H,1-7,9,12,17,23-24H2,(H,33,34)(H,36,37)/b10-8-,22-15+/t29-,31+/m1/s1. The molecule has 0 radical (unpaired) electrons. The van der Waals surface area contributed by atoms with Gasteiger partial charge in [0.25, 0.3) is 0 Å². The number of aliphatic carboxylic acids is 1. The molecule has 0 aliphatic rings. The Morgan fingerprint density at radius 3 is 2.18 bits per heavy atom. The lowest BCUT2D eigenvalue weighted by molar-refractivity contribution is -0.136. The molecule has 2 aromatic carbocycles. The number of hydrogen-bond donors (Lipinski definition) is 3. The van der Waals surface area contributed by atoms with Gasteiger partial charge in [-0.15, -0.1) is 0 Å². The zero-order valence-electron chi connectivity index (χ0n) is 22.2. The Balaban J connectivity index is 1.64. The second-order valence-corrected chi connectivity index (χ2v) is 10.8. The molecule has 0 saturated heterocycles. The predicted molar refractivity (Wildman–Crippen MR) is 157 cm³/mol. The molecule has 0 spiro atoms. The Bertz CT molecular complexity index is 1000. The Kier molecular flexibility index (Phi) is 15.9. The van der Waals surface area contributed by atoms with Gasteiger partial charge in [-0.1, -0.05) is 105 Å². The fraction of sp³-hybridized carbons (Fsp3) is 0.438. The highest BCUT2D eigenvalue weighted by Gasteiger charge is 2.20. The van der Waals surface area contributed by atoms with Gasteiger partial charge in [0.1, 0.15) is 0 Å². The average Bonchev–Trinajstić information content (AvgIpc) is 2.92. The van der Waals surface area contributed by atoms with Gasteiger partial charge in [-0.05, 0) is 48.9 Å². The molecule has 0 aliphatic heterocycles. The highest BCUT2D eigenvalue weighted by molar-refractivity contribution is 8.00. The Morgan fingerprint density at radius 2 is 1.50 bits per heavy atom. The van der Waals surface area contributed by atoms with E-state index < -0.39 is 18.0 Å². The van der Waals surface area contributed by atoms with Crippen LogP contribution in [0.4, 0.5) is 0 Å². The minimum Gasteiger partial charge on any atom is -0.481 e. The Hall–Kier alpha value is -2.83. The first-order valence-corrected chi connectivity index (χ1v) is 14.7. The zero-order valence-corrected chi connectivity index (χ0v) is 23.0. The van der Waals surface area contributed by atoms with Crippen LogP contribution in [0.1, 0.15) is 91.8 Å². The maximum absolute atomic E-state index is 11.3. The number of unbranched alkanes of at least 4 members (excludes halogenated alkanes) is 8. The summed E-state index contributed by atoms with van der Waals surface area (Å²) in [5, 5.41) is 28.7. The molecule has 0 heterocycles. The highest BCUT2D eigenvalue weighted by atomic mass is 32.2. The summed E-state index contributed by atoms with van der Waals surface area (Å²) in [4.78, 5) is 22.2. The van der Waals surface area contributed by atoms with Crippen LogP contribution in [0.25, 0.3) is 0 Å². The molecule has 5 nitrogen and oxygen atoms in total. The number of carboxylic acid groups (broad SMARTS) is 2. The van der Waals surface area contributed by atoms with Crippen molar-refractivity contribution in [1.82, 2.24) is 0 Å². The van der Waals surface area contributed by atoms with E-state index in [0.29, 0.717) is 11.3 Å². The van der Waals surface area contributed by atoms with Crippen molar-refractivity contribution >= 4 is 23.7 Å². The number of aliphatic hydroxyl groups excluding tert-OH is 1. The number of aliphatic hydroxyl groups is 1. The van der Waals surface area contributed by atoms with E-state index in [1.807, 2.05) is 18.2 Å². The van der Waals surface area contributed by atoms with Crippen molar-refractivity contribution in [2.24, 2.45) is 0 Å². The average molecular weight is 539 g/mol. The van der Waals surface area contributed by atoms with Crippen molar-refractivity contribution in [3.63, 3.8) is 0 Å². The number of rotatable bonds is 20. The fourth-order valence-corrected chi connectivity index (χ4v) is 5.33. The van der Waals surface area contributed by atoms with E-state index in [9.17, 15) is 19.8 Å². The van der Waals surface area contributed by atoms with E-state index in [-0.39, 0.29) is 17.2 Å². The van der Waals surface area contributed by atoms with Crippen LogP contribution in [-0.2, 0) is 11.2 Å². The second-order valence-electron chi connectivity index (χ2n) is 9.52. The van der Waals surface area contributed by atoms with E-state index in [0.717, 1.165) is 12.8 Å². The van der Waals surface area contributed by atoms with Crippen LogP contribution >= 0.6 is 11.8 Å². The van der Waals surface area contributed by atoms with Crippen molar-refractivity contribution < 1.29 is 24.9 Å². The Labute approximate surface area is 231 Å². The van der Waals surface area contributed by atoms with Gasteiger partial charge in [-0.3, -0.25) is 4.79 Å². The topological polar surface area (TPSA) is 94.8 Å². The summed E-state index contributed by atoms with van der Waals surface area (Å²) in [6.45, 7) is 0. The maximum atomic E-state index is 11.3. The number of aromatic carboxylic acids is 1. The van der Waals surface area contributed by atoms with Crippen molar-refractivity contribution in [1.29, 1.82) is 0 Å². The van der Waals surface area contributed by atoms with E-state index in [1.165, 1.54) is 80.8 Å². The molecule has 0 saturated carbocycles. The summed E-state index contributed by atoms with van der Waals surface area (Å²) < 4.78 is 0. The fourth-order valence-electron chi connectivity index (χ4n) is 4.22. The smallest absolute Gasteiger partial charge is 0.335 e. The third-order valence-corrected chi connectivity index (χ3v) is 7.63. The number of carboxylic acids is 2. The second kappa shape index (κ2) is 19.3. The lowest BCUT2D eigenvalue weighted by Gasteiger charge is -2.20. The first-order chi connectivity index (χ1) is 18.5.